The number of nitrogens with one attached hydrogen (secondary N) is 1. The topological polar surface area (TPSA) is 49.4 Å². The molecular weight excluding hydrogens is 320 g/mol. The van der Waals surface area contributed by atoms with Gasteiger partial charge in [-0.05, 0) is 48.9 Å². The summed E-state index contributed by atoms with van der Waals surface area (Å²) in [5.41, 5.74) is 1.37. The van der Waals surface area contributed by atoms with E-state index in [1.54, 1.807) is 29.2 Å². The van der Waals surface area contributed by atoms with Gasteiger partial charge in [0.1, 0.15) is 6.04 Å². The van der Waals surface area contributed by atoms with Gasteiger partial charge in [0, 0.05) is 17.8 Å². The molecule has 1 N–H and O–H groups in total. The van der Waals surface area contributed by atoms with E-state index >= 15 is 0 Å². The number of rotatable bonds is 3. The first-order valence-corrected chi connectivity index (χ1v) is 8.79. The van der Waals surface area contributed by atoms with Crippen LogP contribution in [0.4, 0.5) is 5.69 Å². The average Bonchev–Trinajstić information content (AvgIpc) is 3.16. The van der Waals surface area contributed by atoms with Gasteiger partial charge in [-0.25, -0.2) is 0 Å². The van der Waals surface area contributed by atoms with Crippen LogP contribution in [0.1, 0.15) is 34.5 Å². The number of terminal acetylenes is 1. The van der Waals surface area contributed by atoms with Crippen LogP contribution >= 0.6 is 11.3 Å². The minimum atomic E-state index is -0.442. The van der Waals surface area contributed by atoms with Crippen LogP contribution in [-0.4, -0.2) is 29.3 Å². The lowest BCUT2D eigenvalue weighted by Crippen LogP contribution is -2.49. The van der Waals surface area contributed by atoms with Crippen molar-refractivity contribution in [3.8, 4) is 12.3 Å². The fourth-order valence-electron chi connectivity index (χ4n) is 2.90. The third kappa shape index (κ3) is 3.50. The van der Waals surface area contributed by atoms with Crippen molar-refractivity contribution in [3.63, 3.8) is 0 Å². The van der Waals surface area contributed by atoms with Gasteiger partial charge in [0.25, 0.3) is 5.91 Å². The zero-order valence-electron chi connectivity index (χ0n) is 13.2. The molecule has 0 bridgehead atoms. The van der Waals surface area contributed by atoms with Gasteiger partial charge < -0.3 is 10.2 Å². The van der Waals surface area contributed by atoms with Crippen molar-refractivity contribution in [2.45, 2.75) is 25.3 Å². The maximum atomic E-state index is 12.7. The Bertz CT molecular complexity index is 777. The van der Waals surface area contributed by atoms with Crippen LogP contribution in [0, 0.1) is 12.3 Å². The summed E-state index contributed by atoms with van der Waals surface area (Å²) in [6, 6.07) is 10.4. The lowest BCUT2D eigenvalue weighted by Gasteiger charge is -2.34. The Morgan fingerprint density at radius 3 is 2.88 bits per heavy atom. The van der Waals surface area contributed by atoms with E-state index in [0.717, 1.165) is 12.8 Å². The van der Waals surface area contributed by atoms with Gasteiger partial charge in [0.05, 0.1) is 4.88 Å². The van der Waals surface area contributed by atoms with Crippen LogP contribution in [0.2, 0.25) is 0 Å². The molecule has 122 valence electrons. The fourth-order valence-corrected chi connectivity index (χ4v) is 3.58. The Balaban J connectivity index is 1.76. The predicted molar refractivity (Wildman–Crippen MR) is 96.0 cm³/mol. The molecule has 0 radical (unpaired) electrons. The molecule has 4 nitrogen and oxygen atoms in total. The average molecular weight is 338 g/mol. The summed E-state index contributed by atoms with van der Waals surface area (Å²) in [6.45, 7) is 0.610. The van der Waals surface area contributed by atoms with E-state index in [1.807, 2.05) is 17.5 Å². The number of thiophene rings is 1. The highest BCUT2D eigenvalue weighted by molar-refractivity contribution is 7.12. The van der Waals surface area contributed by atoms with E-state index in [-0.39, 0.29) is 11.8 Å². The molecule has 1 saturated heterocycles. The molecule has 1 aliphatic rings. The molecule has 2 aromatic rings. The molecule has 0 spiro atoms. The number of piperidine rings is 1. The highest BCUT2D eigenvalue weighted by atomic mass is 32.1. The van der Waals surface area contributed by atoms with Crippen molar-refractivity contribution in [1.29, 1.82) is 0 Å². The number of nitrogens with zero attached hydrogens (tertiary/aromatic N) is 1. The summed E-state index contributed by atoms with van der Waals surface area (Å²) in [5, 5.41) is 4.76. The lowest BCUT2D eigenvalue weighted by molar-refractivity contribution is -0.121. The van der Waals surface area contributed by atoms with Crippen molar-refractivity contribution in [3.05, 3.63) is 52.2 Å². The zero-order valence-corrected chi connectivity index (χ0v) is 14.0. The van der Waals surface area contributed by atoms with Gasteiger partial charge in [-0.15, -0.1) is 17.8 Å². The molecule has 3 rings (SSSR count). The number of carbonyl (C=O) groups excluding carboxylic acids is 2. The molecule has 24 heavy (non-hydrogen) atoms. The summed E-state index contributed by atoms with van der Waals surface area (Å²) in [4.78, 5) is 27.7. The van der Waals surface area contributed by atoms with E-state index in [4.69, 9.17) is 6.42 Å². The first-order valence-electron chi connectivity index (χ1n) is 7.91. The minimum absolute atomic E-state index is 0.0674. The Kier molecular flexibility index (Phi) is 4.97. The second-order valence-electron chi connectivity index (χ2n) is 5.70. The Morgan fingerprint density at radius 1 is 1.25 bits per heavy atom. The Morgan fingerprint density at radius 2 is 2.12 bits per heavy atom. The van der Waals surface area contributed by atoms with Crippen molar-refractivity contribution in [2.75, 3.05) is 11.9 Å². The zero-order chi connectivity index (χ0) is 16.9. The second kappa shape index (κ2) is 7.33. The van der Waals surface area contributed by atoms with E-state index < -0.39 is 6.04 Å². The maximum Gasteiger partial charge on any atom is 0.264 e. The van der Waals surface area contributed by atoms with E-state index in [9.17, 15) is 9.59 Å². The minimum Gasteiger partial charge on any atom is -0.326 e. The van der Waals surface area contributed by atoms with Crippen LogP contribution in [0.5, 0.6) is 0 Å². The third-order valence-electron chi connectivity index (χ3n) is 4.10. The number of hydrogen-bond acceptors (Lipinski definition) is 3. The van der Waals surface area contributed by atoms with E-state index in [1.165, 1.54) is 11.3 Å². The van der Waals surface area contributed by atoms with Crippen LogP contribution in [-0.2, 0) is 4.79 Å². The monoisotopic (exact) mass is 338 g/mol. The van der Waals surface area contributed by atoms with Crippen LogP contribution in [0.3, 0.4) is 0 Å². The number of hydrogen-bond donors (Lipinski definition) is 1. The molecule has 1 aliphatic heterocycles. The highest BCUT2D eigenvalue weighted by Crippen LogP contribution is 2.23. The standard InChI is InChI=1S/C19H18N2O2S/c1-2-14-7-5-8-15(13-14)20-18(22)16-9-3-4-11-21(16)19(23)17-10-6-12-24-17/h1,5-8,10,12-13,16H,3-4,9,11H2,(H,20,22)/t16-/m0/s1. The molecule has 0 saturated carbocycles. The first-order chi connectivity index (χ1) is 11.7. The summed E-state index contributed by atoms with van der Waals surface area (Å²) < 4.78 is 0. The number of benzene rings is 1. The normalized spacial score (nSPS) is 17.1. The molecule has 2 amide bonds. The van der Waals surface area contributed by atoms with Crippen molar-refractivity contribution in [2.24, 2.45) is 0 Å². The van der Waals surface area contributed by atoms with E-state index in [0.29, 0.717) is 29.1 Å². The maximum absolute atomic E-state index is 12.7. The predicted octanol–water partition coefficient (Wildman–Crippen LogP) is 3.36. The highest BCUT2D eigenvalue weighted by Gasteiger charge is 2.33. The van der Waals surface area contributed by atoms with Crippen LogP contribution in [0.15, 0.2) is 41.8 Å². The summed E-state index contributed by atoms with van der Waals surface area (Å²) in [6.07, 6.45) is 7.94. The number of amides is 2. The largest absolute Gasteiger partial charge is 0.326 e. The van der Waals surface area contributed by atoms with Crippen molar-refractivity contribution < 1.29 is 9.59 Å². The van der Waals surface area contributed by atoms with Gasteiger partial charge >= 0.3 is 0 Å². The molecule has 1 aromatic carbocycles. The lowest BCUT2D eigenvalue weighted by atomic mass is 10.0. The molecule has 2 heterocycles. The summed E-state index contributed by atoms with van der Waals surface area (Å²) in [5.74, 6) is 2.33. The molecule has 0 aliphatic carbocycles. The van der Waals surface area contributed by atoms with Crippen molar-refractivity contribution >= 4 is 28.8 Å². The first kappa shape index (κ1) is 16.3. The van der Waals surface area contributed by atoms with Crippen LogP contribution < -0.4 is 5.32 Å². The Labute approximate surface area is 145 Å². The smallest absolute Gasteiger partial charge is 0.264 e. The van der Waals surface area contributed by atoms with Gasteiger partial charge in [-0.3, -0.25) is 9.59 Å². The quantitative estimate of drug-likeness (QED) is 0.873. The molecule has 1 fully saturated rings. The number of likely N-dealkylation sites (tertiary alicyclic amines) is 1. The second-order valence-corrected chi connectivity index (χ2v) is 6.65. The van der Waals surface area contributed by atoms with Gasteiger partial charge in [-0.1, -0.05) is 18.1 Å². The van der Waals surface area contributed by atoms with Crippen LogP contribution in [0.25, 0.3) is 0 Å². The summed E-state index contributed by atoms with van der Waals surface area (Å²) in [7, 11) is 0. The number of carbonyl (C=O) groups is 2. The fraction of sp³-hybridized carbons (Fsp3) is 0.263. The van der Waals surface area contributed by atoms with Crippen molar-refractivity contribution in [1.82, 2.24) is 4.90 Å². The SMILES string of the molecule is C#Cc1cccc(NC(=O)[C@@H]2CCCCN2C(=O)c2cccs2)c1. The van der Waals surface area contributed by atoms with Gasteiger partial charge in [0.2, 0.25) is 5.91 Å². The van der Waals surface area contributed by atoms with Gasteiger partial charge in [0.15, 0.2) is 0 Å². The van der Waals surface area contributed by atoms with Gasteiger partial charge in [-0.2, -0.15) is 0 Å². The molecular formula is C19H18N2O2S. The third-order valence-corrected chi connectivity index (χ3v) is 4.95. The Hall–Kier alpha value is -2.58. The molecule has 0 unspecified atom stereocenters. The molecule has 1 atom stereocenters. The molecule has 5 heteroatoms. The number of anilines is 1. The molecule has 1 aromatic heterocycles. The summed E-state index contributed by atoms with van der Waals surface area (Å²) >= 11 is 1.40. The van der Waals surface area contributed by atoms with E-state index in [2.05, 4.69) is 11.2 Å².